The third-order valence-corrected chi connectivity index (χ3v) is 5.91. The zero-order valence-electron chi connectivity index (χ0n) is 13.4. The largest absolute Gasteiger partial charge is 0.497 e. The number of thioether (sulfide) groups is 1. The molecule has 0 aromatic heterocycles. The van der Waals surface area contributed by atoms with E-state index in [4.69, 9.17) is 4.74 Å². The number of anilines is 2. The molecule has 0 bridgehead atoms. The van der Waals surface area contributed by atoms with E-state index < -0.39 is 4.87 Å². The van der Waals surface area contributed by atoms with Gasteiger partial charge in [0.2, 0.25) is 10.8 Å². The van der Waals surface area contributed by atoms with Gasteiger partial charge in [-0.05, 0) is 30.3 Å². The maximum absolute atomic E-state index is 13.1. The number of methoxy groups -OCH3 is 1. The van der Waals surface area contributed by atoms with Gasteiger partial charge in [0.1, 0.15) is 5.75 Å². The van der Waals surface area contributed by atoms with Gasteiger partial charge in [-0.15, -0.1) is 11.8 Å². The highest BCUT2D eigenvalue weighted by Crippen LogP contribution is 2.55. The standard InChI is InChI=1S/C18H16N2O3S/c1-19-15-6-4-3-5-14(15)18(17(19)22)20(16(21)11-24-18)12-7-9-13(23-2)10-8-12/h3-10H,11H2,1-2H3. The first-order chi connectivity index (χ1) is 11.6. The van der Waals surface area contributed by atoms with Crippen LogP contribution in [0.2, 0.25) is 0 Å². The van der Waals surface area contributed by atoms with Gasteiger partial charge < -0.3 is 9.64 Å². The van der Waals surface area contributed by atoms with E-state index in [0.29, 0.717) is 11.4 Å². The summed E-state index contributed by atoms with van der Waals surface area (Å²) in [7, 11) is 3.35. The Balaban J connectivity index is 1.90. The number of fused-ring (bicyclic) bond motifs is 2. The smallest absolute Gasteiger partial charge is 0.268 e. The number of carbonyl (C=O) groups is 2. The average molecular weight is 340 g/mol. The Morgan fingerprint density at radius 2 is 1.79 bits per heavy atom. The summed E-state index contributed by atoms with van der Waals surface area (Å²) < 4.78 is 5.19. The number of hydrogen-bond acceptors (Lipinski definition) is 4. The minimum absolute atomic E-state index is 0.0661. The lowest BCUT2D eigenvalue weighted by atomic mass is 10.0. The first-order valence-electron chi connectivity index (χ1n) is 7.58. The molecule has 1 saturated heterocycles. The number of rotatable bonds is 2. The van der Waals surface area contributed by atoms with Crippen molar-refractivity contribution < 1.29 is 14.3 Å². The van der Waals surface area contributed by atoms with Crippen molar-refractivity contribution in [3.8, 4) is 5.75 Å². The number of nitrogens with zero attached hydrogens (tertiary/aromatic N) is 2. The lowest BCUT2D eigenvalue weighted by Gasteiger charge is -2.32. The summed E-state index contributed by atoms with van der Waals surface area (Å²) in [6.07, 6.45) is 0. The minimum atomic E-state index is -1.02. The molecule has 2 amide bonds. The van der Waals surface area contributed by atoms with Crippen LogP contribution in [0, 0.1) is 0 Å². The van der Waals surface area contributed by atoms with Gasteiger partial charge in [0.15, 0.2) is 0 Å². The molecule has 1 spiro atoms. The Morgan fingerprint density at radius 1 is 1.08 bits per heavy atom. The van der Waals surface area contributed by atoms with Crippen LogP contribution < -0.4 is 14.5 Å². The Bertz CT molecular complexity index is 836. The Kier molecular flexibility index (Phi) is 3.31. The monoisotopic (exact) mass is 340 g/mol. The lowest BCUT2D eigenvalue weighted by molar-refractivity contribution is -0.123. The molecule has 2 aromatic carbocycles. The summed E-state index contributed by atoms with van der Waals surface area (Å²) in [6.45, 7) is 0. The topological polar surface area (TPSA) is 49.9 Å². The maximum Gasteiger partial charge on any atom is 0.268 e. The summed E-state index contributed by atoms with van der Waals surface area (Å²) in [4.78, 5) is 28.0. The zero-order valence-corrected chi connectivity index (χ0v) is 14.2. The highest BCUT2D eigenvalue weighted by Gasteiger charge is 2.60. The molecular weight excluding hydrogens is 324 g/mol. The fourth-order valence-electron chi connectivity index (χ4n) is 3.39. The highest BCUT2D eigenvalue weighted by atomic mass is 32.2. The molecule has 1 atom stereocenters. The van der Waals surface area contributed by atoms with Gasteiger partial charge in [-0.3, -0.25) is 14.5 Å². The van der Waals surface area contributed by atoms with Gasteiger partial charge in [0.05, 0.1) is 18.6 Å². The molecule has 2 aliphatic rings. The molecule has 24 heavy (non-hydrogen) atoms. The van der Waals surface area contributed by atoms with E-state index in [9.17, 15) is 9.59 Å². The quantitative estimate of drug-likeness (QED) is 0.843. The van der Waals surface area contributed by atoms with Gasteiger partial charge in [-0.1, -0.05) is 18.2 Å². The van der Waals surface area contributed by atoms with Crippen LogP contribution in [-0.2, 0) is 14.5 Å². The third kappa shape index (κ3) is 1.83. The van der Waals surface area contributed by atoms with E-state index in [-0.39, 0.29) is 17.6 Å². The van der Waals surface area contributed by atoms with Crippen LogP contribution in [0.3, 0.4) is 0 Å². The molecule has 6 heteroatoms. The fourth-order valence-corrected chi connectivity index (χ4v) is 4.77. The fraction of sp³-hybridized carbons (Fsp3) is 0.222. The molecule has 1 fully saturated rings. The zero-order chi connectivity index (χ0) is 16.9. The van der Waals surface area contributed by atoms with Crippen LogP contribution in [0.25, 0.3) is 0 Å². The minimum Gasteiger partial charge on any atom is -0.497 e. The summed E-state index contributed by atoms with van der Waals surface area (Å²) in [5.74, 6) is 0.835. The van der Waals surface area contributed by atoms with Crippen molar-refractivity contribution in [1.29, 1.82) is 0 Å². The van der Waals surface area contributed by atoms with Crippen LogP contribution in [0.5, 0.6) is 5.75 Å². The van der Waals surface area contributed by atoms with Crippen LogP contribution in [0.4, 0.5) is 11.4 Å². The van der Waals surface area contributed by atoms with Crippen molar-refractivity contribution in [3.05, 3.63) is 54.1 Å². The number of amides is 2. The molecule has 0 radical (unpaired) electrons. The molecule has 4 rings (SSSR count). The van der Waals surface area contributed by atoms with Gasteiger partial charge in [-0.25, -0.2) is 0 Å². The lowest BCUT2D eigenvalue weighted by Crippen LogP contribution is -2.49. The summed E-state index contributed by atoms with van der Waals surface area (Å²) in [5.41, 5.74) is 2.41. The van der Waals surface area contributed by atoms with Crippen LogP contribution >= 0.6 is 11.8 Å². The van der Waals surface area contributed by atoms with Crippen molar-refractivity contribution >= 4 is 35.0 Å². The number of ether oxygens (including phenoxy) is 1. The van der Waals surface area contributed by atoms with E-state index in [2.05, 4.69) is 0 Å². The predicted octanol–water partition coefficient (Wildman–Crippen LogP) is 2.60. The summed E-state index contributed by atoms with van der Waals surface area (Å²) >= 11 is 1.38. The number of hydrogen-bond donors (Lipinski definition) is 0. The molecule has 0 N–H and O–H groups in total. The van der Waals surface area contributed by atoms with E-state index in [1.54, 1.807) is 36.1 Å². The first kappa shape index (κ1) is 15.1. The van der Waals surface area contributed by atoms with Crippen LogP contribution in [0.15, 0.2) is 48.5 Å². The SMILES string of the molecule is COc1ccc(N2C(=O)CSC23C(=O)N(C)c2ccccc23)cc1. The van der Waals surface area contributed by atoms with Crippen molar-refractivity contribution in [2.75, 3.05) is 29.7 Å². The van der Waals surface area contributed by atoms with E-state index in [1.165, 1.54) is 11.8 Å². The predicted molar refractivity (Wildman–Crippen MR) is 94.5 cm³/mol. The molecule has 2 aromatic rings. The molecule has 0 saturated carbocycles. The van der Waals surface area contributed by atoms with Gasteiger partial charge in [-0.2, -0.15) is 0 Å². The molecule has 122 valence electrons. The number of para-hydroxylation sites is 1. The highest BCUT2D eigenvalue weighted by molar-refractivity contribution is 8.02. The third-order valence-electron chi connectivity index (χ3n) is 4.52. The van der Waals surface area contributed by atoms with Crippen LogP contribution in [0.1, 0.15) is 5.56 Å². The van der Waals surface area contributed by atoms with E-state index in [0.717, 1.165) is 11.3 Å². The summed E-state index contributed by atoms with van der Waals surface area (Å²) in [5, 5.41) is 0. The number of benzene rings is 2. The molecule has 1 unspecified atom stereocenters. The Hall–Kier alpha value is -2.47. The Labute approximate surface area is 144 Å². The first-order valence-corrected chi connectivity index (χ1v) is 8.57. The van der Waals surface area contributed by atoms with Crippen molar-refractivity contribution in [2.45, 2.75) is 4.87 Å². The second-order valence-corrected chi connectivity index (χ2v) is 6.91. The van der Waals surface area contributed by atoms with E-state index >= 15 is 0 Å². The maximum atomic E-state index is 13.1. The van der Waals surface area contributed by atoms with Gasteiger partial charge in [0.25, 0.3) is 5.91 Å². The van der Waals surface area contributed by atoms with Gasteiger partial charge >= 0.3 is 0 Å². The average Bonchev–Trinajstić information content (AvgIpc) is 3.07. The molecule has 2 aliphatic heterocycles. The molecule has 5 nitrogen and oxygen atoms in total. The second-order valence-electron chi connectivity index (χ2n) is 5.74. The molecular formula is C18H16N2O3S. The Morgan fingerprint density at radius 3 is 2.50 bits per heavy atom. The van der Waals surface area contributed by atoms with Crippen molar-refractivity contribution in [3.63, 3.8) is 0 Å². The van der Waals surface area contributed by atoms with Crippen molar-refractivity contribution in [2.24, 2.45) is 0 Å². The van der Waals surface area contributed by atoms with E-state index in [1.807, 2.05) is 36.4 Å². The second kappa shape index (κ2) is 5.27. The normalized spacial score (nSPS) is 22.4. The number of likely N-dealkylation sites (N-methyl/N-ethyl adjacent to an activating group) is 1. The van der Waals surface area contributed by atoms with Gasteiger partial charge in [0, 0.05) is 18.3 Å². The van der Waals surface area contributed by atoms with Crippen molar-refractivity contribution in [1.82, 2.24) is 0 Å². The summed E-state index contributed by atoms with van der Waals surface area (Å²) in [6, 6.07) is 14.9. The van der Waals surface area contributed by atoms with Crippen LogP contribution in [-0.4, -0.2) is 31.7 Å². The number of carbonyl (C=O) groups excluding carboxylic acids is 2. The molecule has 0 aliphatic carbocycles. The molecule has 2 heterocycles.